The number of carbonyl (C=O) groups is 2. The van der Waals surface area contributed by atoms with E-state index in [0.29, 0.717) is 24.2 Å². The molecule has 6 heteroatoms. The van der Waals surface area contributed by atoms with Crippen LogP contribution in [0.2, 0.25) is 0 Å². The highest BCUT2D eigenvalue weighted by atomic mass is 19.1. The lowest BCUT2D eigenvalue weighted by Crippen LogP contribution is -2.38. The minimum Gasteiger partial charge on any atom is -0.345 e. The maximum absolute atomic E-state index is 13.4. The molecule has 1 unspecified atom stereocenters. The number of nitrogens with zero attached hydrogens (tertiary/aromatic N) is 2. The standard InChI is InChI=1S/C29H30FN3O2/c1-19-9-14-25(28(34)32-26-8-4-6-20-5-2-3-7-24(20)26)27(31-19)21-15-17-33(18-16-21)29(35)22-10-12-23(30)13-11-22/h2-3,5,7,9-14,21,26H,4,6,8,15-18H2,1H3,(H,32,34). The average molecular weight is 472 g/mol. The molecule has 5 rings (SSSR count). The van der Waals surface area contributed by atoms with E-state index in [9.17, 15) is 14.0 Å². The van der Waals surface area contributed by atoms with E-state index in [4.69, 9.17) is 4.98 Å². The number of amides is 2. The number of nitrogens with one attached hydrogen (secondary N) is 1. The van der Waals surface area contributed by atoms with Gasteiger partial charge in [0.1, 0.15) is 5.82 Å². The monoisotopic (exact) mass is 471 g/mol. The molecule has 1 atom stereocenters. The smallest absolute Gasteiger partial charge is 0.253 e. The Hall–Kier alpha value is -3.54. The third kappa shape index (κ3) is 4.97. The van der Waals surface area contributed by atoms with Gasteiger partial charge < -0.3 is 10.2 Å². The van der Waals surface area contributed by atoms with E-state index in [1.54, 1.807) is 4.90 Å². The van der Waals surface area contributed by atoms with Crippen LogP contribution in [-0.2, 0) is 6.42 Å². The van der Waals surface area contributed by atoms with Crippen LogP contribution in [0.3, 0.4) is 0 Å². The summed E-state index contributed by atoms with van der Waals surface area (Å²) in [6.07, 6.45) is 4.50. The van der Waals surface area contributed by atoms with Gasteiger partial charge in [-0.2, -0.15) is 0 Å². The Morgan fingerprint density at radius 2 is 1.71 bits per heavy atom. The van der Waals surface area contributed by atoms with E-state index in [0.717, 1.165) is 43.5 Å². The number of fused-ring (bicyclic) bond motifs is 1. The average Bonchev–Trinajstić information content (AvgIpc) is 2.89. The molecule has 1 aromatic heterocycles. The maximum Gasteiger partial charge on any atom is 0.253 e. The molecule has 0 radical (unpaired) electrons. The molecule has 1 fully saturated rings. The third-order valence-corrected chi connectivity index (χ3v) is 7.24. The molecule has 0 bridgehead atoms. The second-order valence-corrected chi connectivity index (χ2v) is 9.58. The molecule has 35 heavy (non-hydrogen) atoms. The number of benzene rings is 2. The Balaban J connectivity index is 1.30. The van der Waals surface area contributed by atoms with Crippen molar-refractivity contribution in [2.24, 2.45) is 0 Å². The Morgan fingerprint density at radius 1 is 0.971 bits per heavy atom. The lowest BCUT2D eigenvalue weighted by molar-refractivity contribution is 0.0710. The molecule has 0 spiro atoms. The van der Waals surface area contributed by atoms with E-state index >= 15 is 0 Å². The maximum atomic E-state index is 13.4. The van der Waals surface area contributed by atoms with Gasteiger partial charge in [0.15, 0.2) is 0 Å². The Bertz CT molecular complexity index is 1230. The molecule has 1 aliphatic heterocycles. The summed E-state index contributed by atoms with van der Waals surface area (Å²) in [5.41, 5.74) is 5.34. The van der Waals surface area contributed by atoms with Crippen LogP contribution in [0.15, 0.2) is 60.7 Å². The van der Waals surface area contributed by atoms with Crippen LogP contribution in [0.5, 0.6) is 0 Å². The molecular weight excluding hydrogens is 441 g/mol. The second kappa shape index (κ2) is 9.98. The van der Waals surface area contributed by atoms with Crippen molar-refractivity contribution in [2.45, 2.75) is 51.0 Å². The fourth-order valence-corrected chi connectivity index (χ4v) is 5.35. The number of hydrogen-bond donors (Lipinski definition) is 1. The van der Waals surface area contributed by atoms with Crippen molar-refractivity contribution in [1.29, 1.82) is 0 Å². The van der Waals surface area contributed by atoms with E-state index in [1.807, 2.05) is 25.1 Å². The van der Waals surface area contributed by atoms with Crippen molar-refractivity contribution in [2.75, 3.05) is 13.1 Å². The molecule has 2 amide bonds. The fraction of sp³-hybridized carbons (Fsp3) is 0.345. The van der Waals surface area contributed by atoms with Gasteiger partial charge in [-0.3, -0.25) is 14.6 Å². The molecule has 0 saturated carbocycles. The van der Waals surface area contributed by atoms with E-state index in [-0.39, 0.29) is 29.6 Å². The molecule has 2 heterocycles. The van der Waals surface area contributed by atoms with Crippen LogP contribution >= 0.6 is 0 Å². The summed E-state index contributed by atoms with van der Waals surface area (Å²) >= 11 is 0. The zero-order valence-electron chi connectivity index (χ0n) is 20.0. The number of aromatic nitrogens is 1. The van der Waals surface area contributed by atoms with Crippen LogP contribution in [0.1, 0.15) is 80.9 Å². The van der Waals surface area contributed by atoms with Gasteiger partial charge >= 0.3 is 0 Å². The van der Waals surface area contributed by atoms with Crippen molar-refractivity contribution >= 4 is 11.8 Å². The first-order chi connectivity index (χ1) is 17.0. The van der Waals surface area contributed by atoms with Crippen molar-refractivity contribution in [3.8, 4) is 0 Å². The molecule has 1 N–H and O–H groups in total. The minimum absolute atomic E-state index is 0.0109. The Kier molecular flexibility index (Phi) is 6.62. The number of halogens is 1. The lowest BCUT2D eigenvalue weighted by atomic mass is 9.87. The molecule has 2 aromatic carbocycles. The summed E-state index contributed by atoms with van der Waals surface area (Å²) in [4.78, 5) is 32.9. The number of piperidine rings is 1. The zero-order valence-corrected chi connectivity index (χ0v) is 20.0. The topological polar surface area (TPSA) is 62.3 Å². The minimum atomic E-state index is -0.353. The van der Waals surface area contributed by atoms with Crippen molar-refractivity contribution in [3.63, 3.8) is 0 Å². The number of hydrogen-bond acceptors (Lipinski definition) is 3. The van der Waals surface area contributed by atoms with Gasteiger partial charge in [0.2, 0.25) is 0 Å². The summed E-state index contributed by atoms with van der Waals surface area (Å²) in [6.45, 7) is 3.09. The number of likely N-dealkylation sites (tertiary alicyclic amines) is 1. The number of aryl methyl sites for hydroxylation is 2. The largest absolute Gasteiger partial charge is 0.345 e. The second-order valence-electron chi connectivity index (χ2n) is 9.58. The van der Waals surface area contributed by atoms with Crippen LogP contribution in [0, 0.1) is 12.7 Å². The zero-order chi connectivity index (χ0) is 24.4. The SMILES string of the molecule is Cc1ccc(C(=O)NC2CCCc3ccccc32)c(C2CCN(C(=O)c3ccc(F)cc3)CC2)n1. The van der Waals surface area contributed by atoms with Crippen molar-refractivity contribution < 1.29 is 14.0 Å². The molecule has 180 valence electrons. The number of carbonyl (C=O) groups excluding carboxylic acids is 2. The van der Waals surface area contributed by atoms with Crippen LogP contribution < -0.4 is 5.32 Å². The van der Waals surface area contributed by atoms with Gasteiger partial charge in [-0.15, -0.1) is 0 Å². The molecular formula is C29H30FN3O2. The number of rotatable bonds is 4. The highest BCUT2D eigenvalue weighted by Crippen LogP contribution is 2.32. The van der Waals surface area contributed by atoms with Gasteiger partial charge in [-0.1, -0.05) is 24.3 Å². The van der Waals surface area contributed by atoms with Gasteiger partial charge in [0.05, 0.1) is 17.3 Å². The summed E-state index contributed by atoms with van der Waals surface area (Å²) < 4.78 is 13.2. The van der Waals surface area contributed by atoms with Crippen LogP contribution in [0.25, 0.3) is 0 Å². The van der Waals surface area contributed by atoms with E-state index in [2.05, 4.69) is 23.5 Å². The number of pyridine rings is 1. The predicted octanol–water partition coefficient (Wildman–Crippen LogP) is 5.36. The highest BCUT2D eigenvalue weighted by Gasteiger charge is 2.29. The first-order valence-electron chi connectivity index (χ1n) is 12.4. The Morgan fingerprint density at radius 3 is 2.49 bits per heavy atom. The normalized spacial score (nSPS) is 18.1. The van der Waals surface area contributed by atoms with E-state index in [1.165, 1.54) is 35.4 Å². The lowest BCUT2D eigenvalue weighted by Gasteiger charge is -2.33. The first-order valence-corrected chi connectivity index (χ1v) is 12.4. The van der Waals surface area contributed by atoms with Gasteiger partial charge in [0.25, 0.3) is 11.8 Å². The third-order valence-electron chi connectivity index (χ3n) is 7.24. The summed E-state index contributed by atoms with van der Waals surface area (Å²) in [7, 11) is 0. The van der Waals surface area contributed by atoms with Crippen molar-refractivity contribution in [3.05, 3.63) is 100 Å². The molecule has 2 aliphatic rings. The fourth-order valence-electron chi connectivity index (χ4n) is 5.35. The summed E-state index contributed by atoms with van der Waals surface area (Å²) in [6, 6.07) is 17.8. The summed E-state index contributed by atoms with van der Waals surface area (Å²) in [5.74, 6) is -0.423. The molecule has 3 aromatic rings. The Labute approximate surface area is 205 Å². The first kappa shape index (κ1) is 23.2. The predicted molar refractivity (Wildman–Crippen MR) is 133 cm³/mol. The highest BCUT2D eigenvalue weighted by molar-refractivity contribution is 5.96. The molecule has 5 nitrogen and oxygen atoms in total. The van der Waals surface area contributed by atoms with Gasteiger partial charge in [-0.25, -0.2) is 4.39 Å². The van der Waals surface area contributed by atoms with Crippen LogP contribution in [0.4, 0.5) is 4.39 Å². The van der Waals surface area contributed by atoms with Gasteiger partial charge in [-0.05, 0) is 86.6 Å². The molecule has 1 aliphatic carbocycles. The molecule has 1 saturated heterocycles. The van der Waals surface area contributed by atoms with Crippen LogP contribution in [-0.4, -0.2) is 34.8 Å². The van der Waals surface area contributed by atoms with Crippen molar-refractivity contribution in [1.82, 2.24) is 15.2 Å². The summed E-state index contributed by atoms with van der Waals surface area (Å²) in [5, 5.41) is 3.27. The van der Waals surface area contributed by atoms with Gasteiger partial charge in [0, 0.05) is 30.3 Å². The van der Waals surface area contributed by atoms with E-state index < -0.39 is 0 Å². The quantitative estimate of drug-likeness (QED) is 0.558.